The van der Waals surface area contributed by atoms with Crippen LogP contribution in [0.15, 0.2) is 30.3 Å². The summed E-state index contributed by atoms with van der Waals surface area (Å²) in [6.07, 6.45) is 5.43. The van der Waals surface area contributed by atoms with Crippen LogP contribution in [0.25, 0.3) is 11.3 Å². The molecule has 0 unspecified atom stereocenters. The number of nitrogens with one attached hydrogen (secondary N) is 1. The molecule has 0 radical (unpaired) electrons. The van der Waals surface area contributed by atoms with E-state index in [0.717, 1.165) is 49.4 Å². The van der Waals surface area contributed by atoms with Crippen molar-refractivity contribution in [3.63, 3.8) is 0 Å². The Morgan fingerprint density at radius 3 is 2.53 bits per heavy atom. The Morgan fingerprint density at radius 1 is 1.09 bits per heavy atom. The molecule has 2 aromatic rings. The normalized spacial score (nSPS) is 17.5. The third kappa shape index (κ3) is 6.53. The van der Waals surface area contributed by atoms with Crippen LogP contribution in [-0.4, -0.2) is 59.5 Å². The zero-order chi connectivity index (χ0) is 24.1. The molecule has 2 aliphatic heterocycles. The van der Waals surface area contributed by atoms with Gasteiger partial charge in [0.2, 0.25) is 0 Å². The largest absolute Gasteiger partial charge is 0.444 e. The number of ether oxygens (including phenoxy) is 1. The number of benzene rings is 1. The molecule has 0 spiro atoms. The zero-order valence-electron chi connectivity index (χ0n) is 20.5. The molecule has 1 aromatic heterocycles. The molecule has 1 aromatic carbocycles. The summed E-state index contributed by atoms with van der Waals surface area (Å²) in [5.41, 5.74) is 3.51. The van der Waals surface area contributed by atoms with Crippen molar-refractivity contribution in [2.24, 2.45) is 5.92 Å². The molecule has 2 saturated heterocycles. The van der Waals surface area contributed by atoms with Crippen molar-refractivity contribution >= 4 is 29.1 Å². The third-order valence-corrected chi connectivity index (χ3v) is 6.64. The summed E-state index contributed by atoms with van der Waals surface area (Å²) in [4.78, 5) is 16.6. The minimum atomic E-state index is -0.467. The van der Waals surface area contributed by atoms with E-state index in [1.165, 1.54) is 24.9 Å². The van der Waals surface area contributed by atoms with E-state index in [-0.39, 0.29) is 6.09 Å². The summed E-state index contributed by atoms with van der Waals surface area (Å²) < 4.78 is 5.51. The predicted molar refractivity (Wildman–Crippen MR) is 138 cm³/mol. The van der Waals surface area contributed by atoms with Crippen molar-refractivity contribution < 1.29 is 9.53 Å². The predicted octanol–water partition coefficient (Wildman–Crippen LogP) is 5.85. The quantitative estimate of drug-likeness (QED) is 0.573. The van der Waals surface area contributed by atoms with E-state index in [1.54, 1.807) is 0 Å². The topological polar surface area (TPSA) is 70.6 Å². The Hall–Kier alpha value is -2.54. The van der Waals surface area contributed by atoms with Gasteiger partial charge in [-0.15, -0.1) is 10.2 Å². The standard InChI is InChI=1S/C26H36ClN5O2/c1-26(2,3)34-25(33)32-14-10-19(11-15-32)18-28-22-17-23(27)29-30-24(22)20-8-7-9-21(16-20)31-12-5-4-6-13-31/h7-9,16-17,19H,4-6,10-15,18H2,1-3H3,(H,28,29). The van der Waals surface area contributed by atoms with E-state index in [2.05, 4.69) is 44.7 Å². The van der Waals surface area contributed by atoms with Gasteiger partial charge in [0, 0.05) is 50.0 Å². The van der Waals surface area contributed by atoms with Crippen LogP contribution in [0.4, 0.5) is 16.2 Å². The first-order valence-electron chi connectivity index (χ1n) is 12.4. The number of carbonyl (C=O) groups excluding carboxylic acids is 1. The van der Waals surface area contributed by atoms with Crippen molar-refractivity contribution in [1.82, 2.24) is 15.1 Å². The average Bonchev–Trinajstić information content (AvgIpc) is 2.83. The maximum absolute atomic E-state index is 12.3. The second-order valence-electron chi connectivity index (χ2n) is 10.3. The molecular weight excluding hydrogens is 450 g/mol. The highest BCUT2D eigenvalue weighted by molar-refractivity contribution is 6.29. The van der Waals surface area contributed by atoms with Crippen molar-refractivity contribution in [2.45, 2.75) is 58.5 Å². The summed E-state index contributed by atoms with van der Waals surface area (Å²) >= 11 is 6.21. The molecular formula is C26H36ClN5O2. The van der Waals surface area contributed by atoms with Gasteiger partial charge in [0.25, 0.3) is 0 Å². The summed E-state index contributed by atoms with van der Waals surface area (Å²) in [5.74, 6) is 0.457. The van der Waals surface area contributed by atoms with Gasteiger partial charge in [0.1, 0.15) is 11.3 Å². The minimum Gasteiger partial charge on any atom is -0.444 e. The second kappa shape index (κ2) is 10.8. The molecule has 0 saturated carbocycles. The van der Waals surface area contributed by atoms with Crippen LogP contribution in [0, 0.1) is 5.92 Å². The van der Waals surface area contributed by atoms with Crippen LogP contribution < -0.4 is 10.2 Å². The van der Waals surface area contributed by atoms with Gasteiger partial charge in [0.05, 0.1) is 5.69 Å². The number of carbonyl (C=O) groups is 1. The molecule has 2 fully saturated rings. The van der Waals surface area contributed by atoms with E-state index in [9.17, 15) is 4.79 Å². The van der Waals surface area contributed by atoms with Crippen molar-refractivity contribution in [1.29, 1.82) is 0 Å². The van der Waals surface area contributed by atoms with Crippen molar-refractivity contribution in [2.75, 3.05) is 42.9 Å². The first-order chi connectivity index (χ1) is 16.3. The van der Waals surface area contributed by atoms with Gasteiger partial charge < -0.3 is 19.9 Å². The lowest BCUT2D eigenvalue weighted by atomic mass is 9.97. The van der Waals surface area contributed by atoms with Gasteiger partial charge >= 0.3 is 6.09 Å². The maximum Gasteiger partial charge on any atom is 0.410 e. The SMILES string of the molecule is CC(C)(C)OC(=O)N1CCC(CNc2cc(Cl)nnc2-c2cccc(N3CCCCC3)c2)CC1. The van der Waals surface area contributed by atoms with Crippen LogP contribution in [0.1, 0.15) is 52.9 Å². The lowest BCUT2D eigenvalue weighted by Crippen LogP contribution is -2.42. The van der Waals surface area contributed by atoms with Gasteiger partial charge in [-0.25, -0.2) is 4.79 Å². The molecule has 0 bridgehead atoms. The summed E-state index contributed by atoms with van der Waals surface area (Å²) in [7, 11) is 0. The fourth-order valence-electron chi connectivity index (χ4n) is 4.62. The molecule has 34 heavy (non-hydrogen) atoms. The highest BCUT2D eigenvalue weighted by Gasteiger charge is 2.27. The smallest absolute Gasteiger partial charge is 0.410 e. The highest BCUT2D eigenvalue weighted by Crippen LogP contribution is 2.31. The Labute approximate surface area is 207 Å². The number of nitrogens with zero attached hydrogens (tertiary/aromatic N) is 4. The van der Waals surface area contributed by atoms with E-state index in [1.807, 2.05) is 31.7 Å². The fraction of sp³-hybridized carbons (Fsp3) is 0.577. The Bertz CT molecular complexity index is 979. The number of amides is 1. The molecule has 184 valence electrons. The summed E-state index contributed by atoms with van der Waals surface area (Å²) in [5, 5.41) is 12.5. The summed E-state index contributed by atoms with van der Waals surface area (Å²) in [6.45, 7) is 10.1. The van der Waals surface area contributed by atoms with Gasteiger partial charge in [0.15, 0.2) is 5.15 Å². The van der Waals surface area contributed by atoms with Crippen molar-refractivity contribution in [3.05, 3.63) is 35.5 Å². The number of likely N-dealkylation sites (tertiary alicyclic amines) is 1. The molecule has 2 aliphatic rings. The number of piperidine rings is 2. The third-order valence-electron chi connectivity index (χ3n) is 6.45. The number of aromatic nitrogens is 2. The van der Waals surface area contributed by atoms with E-state index in [4.69, 9.17) is 16.3 Å². The Kier molecular flexibility index (Phi) is 7.81. The number of rotatable bonds is 5. The van der Waals surface area contributed by atoms with E-state index in [0.29, 0.717) is 24.2 Å². The number of anilines is 2. The number of hydrogen-bond donors (Lipinski definition) is 1. The average molecular weight is 486 g/mol. The number of halogens is 1. The molecule has 0 aliphatic carbocycles. The molecule has 8 heteroatoms. The van der Waals surface area contributed by atoms with Crippen LogP contribution >= 0.6 is 11.6 Å². The second-order valence-corrected chi connectivity index (χ2v) is 10.7. The van der Waals surface area contributed by atoms with Crippen LogP contribution in [-0.2, 0) is 4.74 Å². The van der Waals surface area contributed by atoms with E-state index < -0.39 is 5.60 Å². The van der Waals surface area contributed by atoms with Crippen molar-refractivity contribution in [3.8, 4) is 11.3 Å². The Balaban J connectivity index is 1.40. The fourth-order valence-corrected chi connectivity index (χ4v) is 4.77. The highest BCUT2D eigenvalue weighted by atomic mass is 35.5. The minimum absolute atomic E-state index is 0.222. The van der Waals surface area contributed by atoms with Crippen LogP contribution in [0.2, 0.25) is 5.15 Å². The first-order valence-corrected chi connectivity index (χ1v) is 12.8. The molecule has 3 heterocycles. The monoisotopic (exact) mass is 485 g/mol. The zero-order valence-corrected chi connectivity index (χ0v) is 21.3. The molecule has 1 N–H and O–H groups in total. The van der Waals surface area contributed by atoms with Crippen LogP contribution in [0.3, 0.4) is 0 Å². The molecule has 1 amide bonds. The van der Waals surface area contributed by atoms with Crippen LogP contribution in [0.5, 0.6) is 0 Å². The molecule has 0 atom stereocenters. The Morgan fingerprint density at radius 2 is 1.82 bits per heavy atom. The van der Waals surface area contributed by atoms with Gasteiger partial charge in [-0.3, -0.25) is 0 Å². The van der Waals surface area contributed by atoms with Gasteiger partial charge in [-0.2, -0.15) is 0 Å². The lowest BCUT2D eigenvalue weighted by Gasteiger charge is -2.33. The molecule has 7 nitrogen and oxygen atoms in total. The lowest BCUT2D eigenvalue weighted by molar-refractivity contribution is 0.0188. The van der Waals surface area contributed by atoms with Gasteiger partial charge in [-0.05, 0) is 70.9 Å². The number of hydrogen-bond acceptors (Lipinski definition) is 6. The first kappa shape index (κ1) is 24.6. The molecule has 4 rings (SSSR count). The maximum atomic E-state index is 12.3. The van der Waals surface area contributed by atoms with E-state index >= 15 is 0 Å². The van der Waals surface area contributed by atoms with Gasteiger partial charge in [-0.1, -0.05) is 23.7 Å². The summed E-state index contributed by atoms with van der Waals surface area (Å²) in [6, 6.07) is 10.4.